The molecule has 0 radical (unpaired) electrons. The van der Waals surface area contributed by atoms with Crippen molar-refractivity contribution in [3.63, 3.8) is 0 Å². The van der Waals surface area contributed by atoms with E-state index in [0.29, 0.717) is 11.8 Å². The van der Waals surface area contributed by atoms with Crippen molar-refractivity contribution < 1.29 is 0 Å². The van der Waals surface area contributed by atoms with Gasteiger partial charge in [0, 0.05) is 61.8 Å². The molecule has 1 saturated heterocycles. The third-order valence-corrected chi connectivity index (χ3v) is 8.94. The molecule has 2 atom stereocenters. The van der Waals surface area contributed by atoms with Crippen LogP contribution in [-0.2, 0) is 7.05 Å². The molecule has 0 amide bonds. The Labute approximate surface area is 238 Å². The first-order valence-corrected chi connectivity index (χ1v) is 14.9. The van der Waals surface area contributed by atoms with Gasteiger partial charge in [-0.05, 0) is 73.8 Å². The Bertz CT molecular complexity index is 1440. The van der Waals surface area contributed by atoms with Gasteiger partial charge in [0.05, 0.1) is 29.8 Å². The zero-order valence-electron chi connectivity index (χ0n) is 23.9. The van der Waals surface area contributed by atoms with Crippen LogP contribution >= 0.6 is 0 Å². The predicted octanol–water partition coefficient (Wildman–Crippen LogP) is 6.80. The van der Waals surface area contributed by atoms with E-state index in [1.807, 2.05) is 48.7 Å². The molecule has 2 unspecified atom stereocenters. The molecule has 2 aliphatic heterocycles. The van der Waals surface area contributed by atoms with Gasteiger partial charge in [0.2, 0.25) is 0 Å². The van der Waals surface area contributed by atoms with Crippen molar-refractivity contribution in [1.82, 2.24) is 19.7 Å². The highest BCUT2D eigenvalue weighted by Crippen LogP contribution is 2.37. The SMILES string of the molecule is C=C(C1CCCC(C)C1)N(CC1CCN(c2ccc3c(cnn3C)c2)CC1)c1cncc(/C=C/C2=NC=CC2)n1. The van der Waals surface area contributed by atoms with Crippen LogP contribution in [0.2, 0.25) is 0 Å². The van der Waals surface area contributed by atoms with Gasteiger partial charge in [0.15, 0.2) is 5.82 Å². The zero-order chi connectivity index (χ0) is 27.5. The lowest BCUT2D eigenvalue weighted by molar-refractivity contribution is 0.306. The second-order valence-corrected chi connectivity index (χ2v) is 11.9. The number of aliphatic imine (C=N–C) groups is 1. The summed E-state index contributed by atoms with van der Waals surface area (Å²) in [5, 5.41) is 5.62. The highest BCUT2D eigenvalue weighted by molar-refractivity contribution is 6.00. The first-order valence-electron chi connectivity index (χ1n) is 14.9. The molecule has 2 fully saturated rings. The lowest BCUT2D eigenvalue weighted by Gasteiger charge is -2.39. The molecule has 0 N–H and O–H groups in total. The molecule has 208 valence electrons. The van der Waals surface area contributed by atoms with Gasteiger partial charge < -0.3 is 9.80 Å². The summed E-state index contributed by atoms with van der Waals surface area (Å²) in [6, 6.07) is 6.71. The Morgan fingerprint density at radius 1 is 1.10 bits per heavy atom. The van der Waals surface area contributed by atoms with Crippen LogP contribution in [0.25, 0.3) is 17.0 Å². The summed E-state index contributed by atoms with van der Waals surface area (Å²) in [4.78, 5) is 19.0. The Morgan fingerprint density at radius 2 is 1.98 bits per heavy atom. The van der Waals surface area contributed by atoms with E-state index >= 15 is 0 Å². The molecule has 2 aromatic heterocycles. The number of benzene rings is 1. The summed E-state index contributed by atoms with van der Waals surface area (Å²) in [5.74, 6) is 2.76. The Balaban J connectivity index is 1.17. The first kappa shape index (κ1) is 26.5. The molecule has 1 aromatic carbocycles. The van der Waals surface area contributed by atoms with Crippen molar-refractivity contribution >= 4 is 34.2 Å². The summed E-state index contributed by atoms with van der Waals surface area (Å²) >= 11 is 0. The number of piperidine rings is 1. The van der Waals surface area contributed by atoms with Crippen molar-refractivity contribution in [3.05, 3.63) is 73.1 Å². The van der Waals surface area contributed by atoms with Crippen molar-refractivity contribution in [2.45, 2.75) is 51.9 Å². The topological polar surface area (TPSA) is 62.4 Å². The van der Waals surface area contributed by atoms with Crippen LogP contribution in [0.3, 0.4) is 0 Å². The Hall–Kier alpha value is -3.74. The minimum atomic E-state index is 0.509. The van der Waals surface area contributed by atoms with Gasteiger partial charge in [-0.3, -0.25) is 14.7 Å². The van der Waals surface area contributed by atoms with Crippen LogP contribution in [-0.4, -0.2) is 45.1 Å². The fourth-order valence-corrected chi connectivity index (χ4v) is 6.54. The summed E-state index contributed by atoms with van der Waals surface area (Å²) in [6.45, 7) is 10.1. The number of hydrogen-bond acceptors (Lipinski definition) is 6. The van der Waals surface area contributed by atoms with Crippen LogP contribution in [0, 0.1) is 17.8 Å². The second kappa shape index (κ2) is 11.8. The number of anilines is 2. The Kier molecular flexibility index (Phi) is 7.80. The lowest BCUT2D eigenvalue weighted by atomic mass is 9.80. The average molecular weight is 536 g/mol. The fourth-order valence-electron chi connectivity index (χ4n) is 6.54. The van der Waals surface area contributed by atoms with E-state index in [1.54, 1.807) is 0 Å². The summed E-state index contributed by atoms with van der Waals surface area (Å²) in [5.41, 5.74) is 5.61. The minimum absolute atomic E-state index is 0.509. The molecule has 7 nitrogen and oxygen atoms in total. The third kappa shape index (κ3) is 5.88. The fraction of sp³-hybridized carbons (Fsp3) is 0.455. The van der Waals surface area contributed by atoms with Gasteiger partial charge in [-0.1, -0.05) is 32.4 Å². The van der Waals surface area contributed by atoms with Gasteiger partial charge in [-0.25, -0.2) is 4.98 Å². The maximum absolute atomic E-state index is 5.05. The van der Waals surface area contributed by atoms with Crippen LogP contribution in [0.1, 0.15) is 57.6 Å². The molecule has 1 aliphatic carbocycles. The van der Waals surface area contributed by atoms with E-state index in [4.69, 9.17) is 4.98 Å². The van der Waals surface area contributed by atoms with E-state index in [9.17, 15) is 0 Å². The maximum atomic E-state index is 5.05. The van der Waals surface area contributed by atoms with Gasteiger partial charge in [-0.2, -0.15) is 5.10 Å². The van der Waals surface area contributed by atoms with Gasteiger partial charge >= 0.3 is 0 Å². The van der Waals surface area contributed by atoms with Crippen molar-refractivity contribution in [1.29, 1.82) is 0 Å². The van der Waals surface area contributed by atoms with Crippen molar-refractivity contribution in [3.8, 4) is 0 Å². The number of nitrogens with zero attached hydrogens (tertiary/aromatic N) is 7. The molecular weight excluding hydrogens is 494 g/mol. The van der Waals surface area contributed by atoms with E-state index in [2.05, 4.69) is 62.7 Å². The van der Waals surface area contributed by atoms with Crippen molar-refractivity contribution in [2.75, 3.05) is 29.4 Å². The molecule has 3 aromatic rings. The summed E-state index contributed by atoms with van der Waals surface area (Å²) in [7, 11) is 2.00. The van der Waals surface area contributed by atoms with Crippen LogP contribution in [0.15, 0.2) is 72.4 Å². The maximum Gasteiger partial charge on any atom is 0.151 e. The van der Waals surface area contributed by atoms with E-state index in [1.165, 1.54) is 48.0 Å². The molecule has 40 heavy (non-hydrogen) atoms. The number of hydrogen-bond donors (Lipinski definition) is 0. The molecule has 0 spiro atoms. The number of fused-ring (bicyclic) bond motifs is 1. The van der Waals surface area contributed by atoms with E-state index < -0.39 is 0 Å². The van der Waals surface area contributed by atoms with E-state index in [0.717, 1.165) is 62.0 Å². The number of aromatic nitrogens is 4. The molecule has 3 aliphatic rings. The van der Waals surface area contributed by atoms with E-state index in [-0.39, 0.29) is 0 Å². The number of allylic oxidation sites excluding steroid dienone is 3. The molecule has 6 rings (SSSR count). The molecular formula is C33H41N7. The van der Waals surface area contributed by atoms with Crippen LogP contribution in [0.4, 0.5) is 11.5 Å². The highest BCUT2D eigenvalue weighted by Gasteiger charge is 2.29. The molecule has 7 heteroatoms. The molecule has 0 bridgehead atoms. The molecule has 1 saturated carbocycles. The number of aryl methyl sites for hydroxylation is 1. The minimum Gasteiger partial charge on any atom is -0.371 e. The average Bonchev–Trinajstić information content (AvgIpc) is 3.64. The van der Waals surface area contributed by atoms with Gasteiger partial charge in [0.1, 0.15) is 0 Å². The quantitative estimate of drug-likeness (QED) is 0.318. The third-order valence-electron chi connectivity index (χ3n) is 8.94. The zero-order valence-corrected chi connectivity index (χ0v) is 23.9. The monoisotopic (exact) mass is 535 g/mol. The summed E-state index contributed by atoms with van der Waals surface area (Å²) < 4.78 is 1.94. The normalized spacial score (nSPS) is 21.9. The number of rotatable bonds is 8. The molecule has 4 heterocycles. The lowest BCUT2D eigenvalue weighted by Crippen LogP contribution is -2.40. The summed E-state index contributed by atoms with van der Waals surface area (Å²) in [6.07, 6.45) is 21.9. The first-order chi connectivity index (χ1) is 19.5. The van der Waals surface area contributed by atoms with Gasteiger partial charge in [-0.15, -0.1) is 0 Å². The standard InChI is InChI=1S/C33H41N7/c1-24-6-4-7-27(18-24)25(2)40(33-22-34-21-30(37-33)10-9-29-8-5-15-35-29)23-26-13-16-39(17-14-26)31-11-12-32-28(19-31)20-36-38(32)3/h5,9-12,15,19-22,24,26-27H,2,4,6-8,13-14,16-18,23H2,1,3H3/b10-9+. The second-order valence-electron chi connectivity index (χ2n) is 11.9. The van der Waals surface area contributed by atoms with Crippen LogP contribution < -0.4 is 9.80 Å². The van der Waals surface area contributed by atoms with Crippen molar-refractivity contribution in [2.24, 2.45) is 29.8 Å². The van der Waals surface area contributed by atoms with Crippen LogP contribution in [0.5, 0.6) is 0 Å². The smallest absolute Gasteiger partial charge is 0.151 e. The van der Waals surface area contributed by atoms with Gasteiger partial charge in [0.25, 0.3) is 0 Å². The Morgan fingerprint density at radius 3 is 2.77 bits per heavy atom. The largest absolute Gasteiger partial charge is 0.371 e. The highest BCUT2D eigenvalue weighted by atomic mass is 15.2. The predicted molar refractivity (Wildman–Crippen MR) is 166 cm³/mol.